The Morgan fingerprint density at radius 2 is 2.20 bits per heavy atom. The van der Waals surface area contributed by atoms with Crippen LogP contribution in [0, 0.1) is 16.7 Å². The summed E-state index contributed by atoms with van der Waals surface area (Å²) in [5.74, 6) is 0.711. The Kier molecular flexibility index (Phi) is 3.62. The van der Waals surface area contributed by atoms with Gasteiger partial charge in [-0.2, -0.15) is 5.26 Å². The minimum atomic E-state index is 0.234. The maximum absolute atomic E-state index is 8.67. The molecule has 0 aromatic carbocycles. The van der Waals surface area contributed by atoms with Crippen LogP contribution in [0.15, 0.2) is 12.4 Å². The molecule has 0 aliphatic rings. The summed E-state index contributed by atoms with van der Waals surface area (Å²) in [6.07, 6.45) is 2.50. The lowest BCUT2D eigenvalue weighted by molar-refractivity contribution is 0.376. The number of rotatable bonds is 4. The number of nitrogens with zero attached hydrogens (tertiary/aromatic N) is 3. The molecule has 0 saturated carbocycles. The van der Waals surface area contributed by atoms with Crippen LogP contribution < -0.4 is 5.32 Å². The summed E-state index contributed by atoms with van der Waals surface area (Å²) in [7, 11) is 0. The summed E-state index contributed by atoms with van der Waals surface area (Å²) in [6.45, 7) is 7.37. The molecule has 1 heterocycles. The van der Waals surface area contributed by atoms with Crippen LogP contribution in [0.5, 0.6) is 0 Å². The zero-order valence-electron chi connectivity index (χ0n) is 9.41. The lowest BCUT2D eigenvalue weighted by Crippen LogP contribution is -2.22. The number of hydrogen-bond donors (Lipinski definition) is 1. The molecule has 0 fully saturated rings. The van der Waals surface area contributed by atoms with Crippen molar-refractivity contribution in [3.05, 3.63) is 18.1 Å². The van der Waals surface area contributed by atoms with Gasteiger partial charge in [0.25, 0.3) is 0 Å². The van der Waals surface area contributed by atoms with E-state index >= 15 is 0 Å². The van der Waals surface area contributed by atoms with Gasteiger partial charge in [-0.25, -0.2) is 9.97 Å². The van der Waals surface area contributed by atoms with Gasteiger partial charge in [-0.15, -0.1) is 0 Å². The second-order valence-corrected chi connectivity index (χ2v) is 4.27. The summed E-state index contributed by atoms with van der Waals surface area (Å²) in [6, 6.07) is 3.65. The first-order valence-corrected chi connectivity index (χ1v) is 5.03. The van der Waals surface area contributed by atoms with Crippen molar-refractivity contribution in [2.24, 2.45) is 5.41 Å². The molecule has 0 radical (unpaired) electrons. The van der Waals surface area contributed by atoms with E-state index in [0.29, 0.717) is 11.5 Å². The van der Waals surface area contributed by atoms with E-state index in [1.165, 1.54) is 6.33 Å². The number of hydrogen-bond acceptors (Lipinski definition) is 4. The molecule has 4 nitrogen and oxygen atoms in total. The zero-order valence-corrected chi connectivity index (χ0v) is 9.41. The van der Waals surface area contributed by atoms with E-state index in [2.05, 4.69) is 36.1 Å². The first kappa shape index (κ1) is 11.4. The minimum Gasteiger partial charge on any atom is -0.369 e. The Labute approximate surface area is 90.4 Å². The lowest BCUT2D eigenvalue weighted by Gasteiger charge is -2.23. The summed E-state index contributed by atoms with van der Waals surface area (Å²) in [5.41, 5.74) is 0.624. The molecule has 4 heteroatoms. The van der Waals surface area contributed by atoms with E-state index < -0.39 is 0 Å². The quantitative estimate of drug-likeness (QED) is 0.816. The zero-order chi connectivity index (χ0) is 11.3. The van der Waals surface area contributed by atoms with Gasteiger partial charge in [0.15, 0.2) is 0 Å². The van der Waals surface area contributed by atoms with Crippen molar-refractivity contribution >= 4 is 5.82 Å². The van der Waals surface area contributed by atoms with E-state index in [1.54, 1.807) is 6.07 Å². The third-order valence-electron chi connectivity index (χ3n) is 2.49. The van der Waals surface area contributed by atoms with Crippen molar-refractivity contribution in [1.29, 1.82) is 5.26 Å². The maximum Gasteiger partial charge on any atom is 0.145 e. The Balaban J connectivity index is 2.62. The summed E-state index contributed by atoms with van der Waals surface area (Å²) in [4.78, 5) is 7.86. The smallest absolute Gasteiger partial charge is 0.145 e. The highest BCUT2D eigenvalue weighted by atomic mass is 15.0. The number of nitriles is 1. The first-order chi connectivity index (χ1) is 7.07. The molecule has 0 spiro atoms. The van der Waals surface area contributed by atoms with Crippen LogP contribution in [0.3, 0.4) is 0 Å². The topological polar surface area (TPSA) is 61.6 Å². The molecule has 0 unspecified atom stereocenters. The van der Waals surface area contributed by atoms with Crippen molar-refractivity contribution in [2.75, 3.05) is 11.9 Å². The molecule has 0 bridgehead atoms. The molecule has 0 aliphatic carbocycles. The number of aromatic nitrogens is 2. The fourth-order valence-corrected chi connectivity index (χ4v) is 0.970. The Bertz CT molecular complexity index is 365. The van der Waals surface area contributed by atoms with Crippen LogP contribution in [0.4, 0.5) is 5.82 Å². The van der Waals surface area contributed by atoms with Gasteiger partial charge >= 0.3 is 0 Å². The van der Waals surface area contributed by atoms with E-state index in [0.717, 1.165) is 13.0 Å². The fraction of sp³-hybridized carbons (Fsp3) is 0.545. The van der Waals surface area contributed by atoms with E-state index in [9.17, 15) is 0 Å². The monoisotopic (exact) mass is 204 g/mol. The number of anilines is 1. The molecule has 1 aromatic rings. The van der Waals surface area contributed by atoms with E-state index in [-0.39, 0.29) is 5.41 Å². The molecule has 0 aliphatic heterocycles. The summed E-state index contributed by atoms with van der Waals surface area (Å²) in [5, 5.41) is 11.9. The highest BCUT2D eigenvalue weighted by molar-refractivity contribution is 5.38. The second-order valence-electron chi connectivity index (χ2n) is 4.27. The molecule has 0 saturated heterocycles. The molecule has 1 aromatic heterocycles. The normalized spacial score (nSPS) is 10.8. The van der Waals surface area contributed by atoms with Crippen LogP contribution >= 0.6 is 0 Å². The van der Waals surface area contributed by atoms with Crippen LogP contribution in [-0.2, 0) is 0 Å². The predicted octanol–water partition coefficient (Wildman–Crippen LogP) is 2.20. The Morgan fingerprint density at radius 3 is 2.80 bits per heavy atom. The molecular formula is C11H16N4. The first-order valence-electron chi connectivity index (χ1n) is 5.03. The van der Waals surface area contributed by atoms with Crippen LogP contribution in [0.2, 0.25) is 0 Å². The minimum absolute atomic E-state index is 0.234. The fourth-order valence-electron chi connectivity index (χ4n) is 0.970. The predicted molar refractivity (Wildman–Crippen MR) is 59.3 cm³/mol. The lowest BCUT2D eigenvalue weighted by atomic mass is 9.90. The molecular weight excluding hydrogens is 188 g/mol. The van der Waals surface area contributed by atoms with Gasteiger partial charge < -0.3 is 5.32 Å². The average molecular weight is 204 g/mol. The molecule has 0 atom stereocenters. The van der Waals surface area contributed by atoms with E-state index in [1.807, 2.05) is 6.07 Å². The second kappa shape index (κ2) is 4.74. The molecule has 15 heavy (non-hydrogen) atoms. The van der Waals surface area contributed by atoms with Crippen molar-refractivity contribution in [1.82, 2.24) is 9.97 Å². The number of nitrogens with one attached hydrogen (secondary N) is 1. The van der Waals surface area contributed by atoms with Crippen LogP contribution in [0.1, 0.15) is 32.9 Å². The standard InChI is InChI=1S/C11H16N4/c1-4-11(2,3)7-13-10-5-9(6-12)14-8-15-10/h5,8H,4,7H2,1-3H3,(H,13,14,15). The van der Waals surface area contributed by atoms with Crippen molar-refractivity contribution in [3.8, 4) is 6.07 Å². The van der Waals surface area contributed by atoms with Gasteiger partial charge in [0.2, 0.25) is 0 Å². The average Bonchev–Trinajstić information content (AvgIpc) is 2.27. The van der Waals surface area contributed by atoms with Crippen molar-refractivity contribution in [3.63, 3.8) is 0 Å². The molecule has 0 amide bonds. The SMILES string of the molecule is CCC(C)(C)CNc1cc(C#N)ncn1. The van der Waals surface area contributed by atoms with Crippen LogP contribution in [0.25, 0.3) is 0 Å². The van der Waals surface area contributed by atoms with Crippen molar-refractivity contribution in [2.45, 2.75) is 27.2 Å². The largest absolute Gasteiger partial charge is 0.369 e. The molecule has 1 N–H and O–H groups in total. The van der Waals surface area contributed by atoms with Gasteiger partial charge in [-0.05, 0) is 11.8 Å². The third kappa shape index (κ3) is 3.55. The summed E-state index contributed by atoms with van der Waals surface area (Å²) < 4.78 is 0. The summed E-state index contributed by atoms with van der Waals surface area (Å²) >= 11 is 0. The van der Waals surface area contributed by atoms with Gasteiger partial charge in [0.1, 0.15) is 23.9 Å². The molecule has 1 rings (SSSR count). The highest BCUT2D eigenvalue weighted by Crippen LogP contribution is 2.19. The van der Waals surface area contributed by atoms with Crippen LogP contribution in [-0.4, -0.2) is 16.5 Å². The van der Waals surface area contributed by atoms with Gasteiger partial charge in [0, 0.05) is 12.6 Å². The van der Waals surface area contributed by atoms with E-state index in [4.69, 9.17) is 5.26 Å². The Morgan fingerprint density at radius 1 is 1.47 bits per heavy atom. The Hall–Kier alpha value is -1.63. The third-order valence-corrected chi connectivity index (χ3v) is 2.49. The van der Waals surface area contributed by atoms with Gasteiger partial charge in [-0.3, -0.25) is 0 Å². The highest BCUT2D eigenvalue weighted by Gasteiger charge is 2.14. The molecule has 80 valence electrons. The van der Waals surface area contributed by atoms with Crippen molar-refractivity contribution < 1.29 is 0 Å². The van der Waals surface area contributed by atoms with Gasteiger partial charge in [0.05, 0.1) is 0 Å². The maximum atomic E-state index is 8.67. The van der Waals surface area contributed by atoms with Gasteiger partial charge in [-0.1, -0.05) is 20.8 Å².